The van der Waals surface area contributed by atoms with Crippen LogP contribution in [0.5, 0.6) is 0 Å². The number of hydrogen-bond acceptors (Lipinski definition) is 2. The van der Waals surface area contributed by atoms with Gasteiger partial charge in [-0.25, -0.2) is 0 Å². The van der Waals surface area contributed by atoms with Crippen molar-refractivity contribution in [3.63, 3.8) is 0 Å². The van der Waals surface area contributed by atoms with Crippen LogP contribution >= 0.6 is 0 Å². The van der Waals surface area contributed by atoms with Crippen molar-refractivity contribution in [3.8, 4) is 0 Å². The minimum Gasteiger partial charge on any atom is -0.355 e. The first-order valence-corrected chi connectivity index (χ1v) is 8.05. The van der Waals surface area contributed by atoms with Gasteiger partial charge in [-0.05, 0) is 36.8 Å². The van der Waals surface area contributed by atoms with Gasteiger partial charge in [0.1, 0.15) is 0 Å². The molecule has 3 heteroatoms. The van der Waals surface area contributed by atoms with Crippen LogP contribution in [0.4, 0.5) is 0 Å². The number of fused-ring (bicyclic) bond motifs is 1. The van der Waals surface area contributed by atoms with Crippen LogP contribution in [0.15, 0.2) is 36.4 Å². The third-order valence-electron chi connectivity index (χ3n) is 4.58. The van der Waals surface area contributed by atoms with Gasteiger partial charge < -0.3 is 5.32 Å². The van der Waals surface area contributed by atoms with Gasteiger partial charge in [0.2, 0.25) is 5.91 Å². The summed E-state index contributed by atoms with van der Waals surface area (Å²) in [6, 6.07) is 8.67. The molecule has 0 saturated carbocycles. The maximum absolute atomic E-state index is 12.1. The first-order valence-electron chi connectivity index (χ1n) is 8.05. The SMILES string of the molecule is O=C(NCCN1CCc2ccccc2C1)[C@@H]1CC=CCC1. The molecular weight excluding hydrogens is 260 g/mol. The monoisotopic (exact) mass is 284 g/mol. The molecule has 2 aliphatic rings. The van der Waals surface area contributed by atoms with E-state index in [0.29, 0.717) is 0 Å². The van der Waals surface area contributed by atoms with Gasteiger partial charge in [0.15, 0.2) is 0 Å². The average molecular weight is 284 g/mol. The molecule has 21 heavy (non-hydrogen) atoms. The van der Waals surface area contributed by atoms with Crippen molar-refractivity contribution in [2.24, 2.45) is 5.92 Å². The second-order valence-corrected chi connectivity index (χ2v) is 6.07. The fraction of sp³-hybridized carbons (Fsp3) is 0.500. The lowest BCUT2D eigenvalue weighted by atomic mass is 9.94. The molecule has 0 saturated heterocycles. The molecule has 1 aromatic carbocycles. The highest BCUT2D eigenvalue weighted by atomic mass is 16.1. The maximum Gasteiger partial charge on any atom is 0.223 e. The Bertz CT molecular complexity index is 524. The van der Waals surface area contributed by atoms with E-state index in [2.05, 4.69) is 46.6 Å². The molecule has 112 valence electrons. The smallest absolute Gasteiger partial charge is 0.223 e. The van der Waals surface area contributed by atoms with Crippen LogP contribution in [0, 0.1) is 5.92 Å². The molecule has 0 fully saturated rings. The lowest BCUT2D eigenvalue weighted by Crippen LogP contribution is -2.39. The van der Waals surface area contributed by atoms with Gasteiger partial charge in [-0.3, -0.25) is 9.69 Å². The molecule has 1 N–H and O–H groups in total. The lowest BCUT2D eigenvalue weighted by molar-refractivity contribution is -0.125. The van der Waals surface area contributed by atoms with Gasteiger partial charge in [0.25, 0.3) is 0 Å². The summed E-state index contributed by atoms with van der Waals surface area (Å²) >= 11 is 0. The third-order valence-corrected chi connectivity index (χ3v) is 4.58. The van der Waals surface area contributed by atoms with Crippen LogP contribution in [-0.4, -0.2) is 30.4 Å². The normalized spacial score (nSPS) is 21.8. The highest BCUT2D eigenvalue weighted by Gasteiger charge is 2.19. The predicted molar refractivity (Wildman–Crippen MR) is 84.9 cm³/mol. The third kappa shape index (κ3) is 3.73. The minimum absolute atomic E-state index is 0.192. The Labute approximate surface area is 127 Å². The Morgan fingerprint density at radius 2 is 2.10 bits per heavy atom. The van der Waals surface area contributed by atoms with E-state index in [-0.39, 0.29) is 11.8 Å². The van der Waals surface area contributed by atoms with Gasteiger partial charge >= 0.3 is 0 Å². The Balaban J connectivity index is 1.42. The maximum atomic E-state index is 12.1. The van der Waals surface area contributed by atoms with Crippen molar-refractivity contribution in [1.82, 2.24) is 10.2 Å². The minimum atomic E-state index is 0.192. The van der Waals surface area contributed by atoms with E-state index < -0.39 is 0 Å². The molecule has 0 radical (unpaired) electrons. The van der Waals surface area contributed by atoms with Gasteiger partial charge in [0, 0.05) is 32.1 Å². The van der Waals surface area contributed by atoms with Gasteiger partial charge in [-0.15, -0.1) is 0 Å². The van der Waals surface area contributed by atoms with Crippen LogP contribution in [-0.2, 0) is 17.8 Å². The quantitative estimate of drug-likeness (QED) is 0.862. The molecule has 1 amide bonds. The summed E-state index contributed by atoms with van der Waals surface area (Å²) in [5.74, 6) is 0.425. The molecule has 1 atom stereocenters. The summed E-state index contributed by atoms with van der Waals surface area (Å²) in [4.78, 5) is 14.5. The first kappa shape index (κ1) is 14.3. The van der Waals surface area contributed by atoms with Gasteiger partial charge in [-0.1, -0.05) is 36.4 Å². The molecule has 1 aliphatic carbocycles. The van der Waals surface area contributed by atoms with Crippen molar-refractivity contribution in [2.45, 2.75) is 32.2 Å². The largest absolute Gasteiger partial charge is 0.355 e. The Kier molecular flexibility index (Phi) is 4.71. The van der Waals surface area contributed by atoms with Crippen LogP contribution < -0.4 is 5.32 Å². The Morgan fingerprint density at radius 1 is 1.24 bits per heavy atom. The van der Waals surface area contributed by atoms with Crippen molar-refractivity contribution in [2.75, 3.05) is 19.6 Å². The van der Waals surface area contributed by atoms with Crippen molar-refractivity contribution < 1.29 is 4.79 Å². The number of amides is 1. The topological polar surface area (TPSA) is 32.3 Å². The second-order valence-electron chi connectivity index (χ2n) is 6.07. The van der Waals surface area contributed by atoms with Crippen LogP contribution in [0.25, 0.3) is 0 Å². The van der Waals surface area contributed by atoms with Crippen molar-refractivity contribution in [3.05, 3.63) is 47.5 Å². The van der Waals surface area contributed by atoms with Crippen molar-refractivity contribution >= 4 is 5.91 Å². The van der Waals surface area contributed by atoms with E-state index in [0.717, 1.165) is 51.9 Å². The molecule has 0 bridgehead atoms. The van der Waals surface area contributed by atoms with Gasteiger partial charge in [0.05, 0.1) is 0 Å². The molecule has 3 rings (SSSR count). The highest BCUT2D eigenvalue weighted by Crippen LogP contribution is 2.19. The average Bonchev–Trinajstić information content (AvgIpc) is 2.55. The fourth-order valence-electron chi connectivity index (χ4n) is 3.26. The van der Waals surface area contributed by atoms with Crippen molar-refractivity contribution in [1.29, 1.82) is 0 Å². The predicted octanol–water partition coefficient (Wildman–Crippen LogP) is 2.52. The Morgan fingerprint density at radius 3 is 2.90 bits per heavy atom. The summed E-state index contributed by atoms with van der Waals surface area (Å²) in [5, 5.41) is 3.11. The molecule has 1 aliphatic heterocycles. The standard InChI is InChI=1S/C18H24N2O/c21-18(16-7-2-1-3-8-16)19-11-13-20-12-10-15-6-4-5-9-17(15)14-20/h1-2,4-6,9,16H,3,7-8,10-14H2,(H,19,21)/t16-/m1/s1. The molecule has 1 heterocycles. The number of carbonyl (C=O) groups excluding carboxylic acids is 1. The number of benzene rings is 1. The Hall–Kier alpha value is -1.61. The summed E-state index contributed by atoms with van der Waals surface area (Å²) in [6.07, 6.45) is 8.38. The zero-order valence-electron chi connectivity index (χ0n) is 12.6. The van der Waals surface area contributed by atoms with E-state index in [9.17, 15) is 4.79 Å². The van der Waals surface area contributed by atoms with Crippen LogP contribution in [0.1, 0.15) is 30.4 Å². The number of allylic oxidation sites excluding steroid dienone is 2. The van der Waals surface area contributed by atoms with E-state index in [4.69, 9.17) is 0 Å². The molecule has 0 unspecified atom stereocenters. The number of rotatable bonds is 4. The summed E-state index contributed by atoms with van der Waals surface area (Å²) < 4.78 is 0. The molecule has 0 spiro atoms. The molecule has 1 aromatic rings. The summed E-state index contributed by atoms with van der Waals surface area (Å²) in [6.45, 7) is 3.82. The van der Waals surface area contributed by atoms with E-state index >= 15 is 0 Å². The fourth-order valence-corrected chi connectivity index (χ4v) is 3.26. The molecular formula is C18H24N2O. The zero-order chi connectivity index (χ0) is 14.5. The highest BCUT2D eigenvalue weighted by molar-refractivity contribution is 5.78. The van der Waals surface area contributed by atoms with Gasteiger partial charge in [-0.2, -0.15) is 0 Å². The summed E-state index contributed by atoms with van der Waals surface area (Å²) in [7, 11) is 0. The molecule has 0 aromatic heterocycles. The number of carbonyl (C=O) groups is 1. The summed E-state index contributed by atoms with van der Waals surface area (Å²) in [5.41, 5.74) is 2.92. The van der Waals surface area contributed by atoms with Crippen LogP contribution in [0.2, 0.25) is 0 Å². The number of nitrogens with one attached hydrogen (secondary N) is 1. The van der Waals surface area contributed by atoms with E-state index in [1.807, 2.05) is 0 Å². The van der Waals surface area contributed by atoms with E-state index in [1.165, 1.54) is 11.1 Å². The van der Waals surface area contributed by atoms with E-state index in [1.54, 1.807) is 0 Å². The first-order chi connectivity index (χ1) is 10.3. The zero-order valence-corrected chi connectivity index (χ0v) is 12.6. The molecule has 3 nitrogen and oxygen atoms in total. The second kappa shape index (κ2) is 6.90. The lowest BCUT2D eigenvalue weighted by Gasteiger charge is -2.29. The van der Waals surface area contributed by atoms with Crippen LogP contribution in [0.3, 0.4) is 0 Å². The number of nitrogens with zero attached hydrogens (tertiary/aromatic N) is 1. The number of hydrogen-bond donors (Lipinski definition) is 1.